The highest BCUT2D eigenvalue weighted by atomic mass is 16.1. The maximum Gasteiger partial charge on any atom is 0.255 e. The molecule has 1 amide bonds. The molecule has 0 unspecified atom stereocenters. The Balaban J connectivity index is 0.000000847. The zero-order chi connectivity index (χ0) is 15.9. The highest BCUT2D eigenvalue weighted by molar-refractivity contribution is 6.05. The lowest BCUT2D eigenvalue weighted by molar-refractivity contribution is 0.102. The molecule has 22 heavy (non-hydrogen) atoms. The molecule has 0 radical (unpaired) electrons. The topological polar surface area (TPSA) is 42.0 Å². The van der Waals surface area contributed by atoms with Gasteiger partial charge in [-0.3, -0.25) is 9.78 Å². The molecular weight excluding hydrogens is 272 g/mol. The third-order valence-electron chi connectivity index (χ3n) is 3.13. The number of benzene rings is 2. The van der Waals surface area contributed by atoms with Gasteiger partial charge in [0.2, 0.25) is 0 Å². The molecule has 0 aliphatic rings. The van der Waals surface area contributed by atoms with Crippen LogP contribution in [0.5, 0.6) is 0 Å². The summed E-state index contributed by atoms with van der Waals surface area (Å²) in [6.45, 7) is 5.97. The van der Waals surface area contributed by atoms with Crippen LogP contribution in [0.2, 0.25) is 0 Å². The van der Waals surface area contributed by atoms with E-state index in [0.29, 0.717) is 11.3 Å². The van der Waals surface area contributed by atoms with E-state index >= 15 is 0 Å². The summed E-state index contributed by atoms with van der Waals surface area (Å²) in [5, 5.41) is 3.88. The molecule has 0 spiro atoms. The average Bonchev–Trinajstić information content (AvgIpc) is 2.56. The van der Waals surface area contributed by atoms with Crippen LogP contribution in [0.4, 0.5) is 5.69 Å². The van der Waals surface area contributed by atoms with Gasteiger partial charge in [-0.05, 0) is 31.2 Å². The summed E-state index contributed by atoms with van der Waals surface area (Å²) in [6.07, 6.45) is 1.68. The number of aromatic nitrogens is 1. The third-order valence-corrected chi connectivity index (χ3v) is 3.13. The van der Waals surface area contributed by atoms with E-state index in [2.05, 4.69) is 10.3 Å². The summed E-state index contributed by atoms with van der Waals surface area (Å²) in [6, 6.07) is 17.3. The molecular formula is C19H20N2O. The van der Waals surface area contributed by atoms with Gasteiger partial charge in [-0.25, -0.2) is 0 Å². The number of hydrogen-bond donors (Lipinski definition) is 1. The number of amides is 1. The lowest BCUT2D eigenvalue weighted by Crippen LogP contribution is -2.12. The maximum absolute atomic E-state index is 12.2. The fourth-order valence-corrected chi connectivity index (χ4v) is 2.13. The molecule has 0 fully saturated rings. The van der Waals surface area contributed by atoms with Crippen molar-refractivity contribution in [3.05, 3.63) is 71.9 Å². The number of anilines is 1. The molecule has 3 aromatic rings. The van der Waals surface area contributed by atoms with Gasteiger partial charge in [-0.15, -0.1) is 0 Å². The molecule has 3 heteroatoms. The first kappa shape index (κ1) is 15.7. The number of aryl methyl sites for hydroxylation is 1. The quantitative estimate of drug-likeness (QED) is 0.735. The Morgan fingerprint density at radius 1 is 1.00 bits per heavy atom. The SMILES string of the molecule is CC.Cc1cccc(C(=O)Nc2cnc3ccccc3c2)c1. The second-order valence-corrected chi connectivity index (χ2v) is 4.74. The highest BCUT2D eigenvalue weighted by Crippen LogP contribution is 2.17. The molecule has 1 heterocycles. The second kappa shape index (κ2) is 7.36. The van der Waals surface area contributed by atoms with E-state index < -0.39 is 0 Å². The zero-order valence-electron chi connectivity index (χ0n) is 13.1. The summed E-state index contributed by atoms with van der Waals surface area (Å²) in [7, 11) is 0. The first-order chi connectivity index (χ1) is 10.7. The monoisotopic (exact) mass is 292 g/mol. The molecule has 1 aromatic heterocycles. The van der Waals surface area contributed by atoms with Gasteiger partial charge in [0.15, 0.2) is 0 Å². The van der Waals surface area contributed by atoms with Crippen LogP contribution in [0, 0.1) is 6.92 Å². The Morgan fingerprint density at radius 3 is 2.55 bits per heavy atom. The van der Waals surface area contributed by atoms with Crippen molar-refractivity contribution in [3.63, 3.8) is 0 Å². The molecule has 0 saturated heterocycles. The average molecular weight is 292 g/mol. The second-order valence-electron chi connectivity index (χ2n) is 4.74. The van der Waals surface area contributed by atoms with Gasteiger partial charge in [0.1, 0.15) is 0 Å². The van der Waals surface area contributed by atoms with Crippen LogP contribution in [0.1, 0.15) is 29.8 Å². The Hall–Kier alpha value is -2.68. The van der Waals surface area contributed by atoms with Crippen molar-refractivity contribution in [2.75, 3.05) is 5.32 Å². The van der Waals surface area contributed by atoms with Crippen molar-refractivity contribution in [2.24, 2.45) is 0 Å². The number of nitrogens with one attached hydrogen (secondary N) is 1. The van der Waals surface area contributed by atoms with Crippen molar-refractivity contribution in [1.82, 2.24) is 4.98 Å². The van der Waals surface area contributed by atoms with E-state index in [1.165, 1.54) is 0 Å². The summed E-state index contributed by atoms with van der Waals surface area (Å²) in [4.78, 5) is 16.5. The summed E-state index contributed by atoms with van der Waals surface area (Å²) in [5.41, 5.74) is 3.34. The largest absolute Gasteiger partial charge is 0.321 e. The molecule has 0 bridgehead atoms. The Bertz CT molecular complexity index is 781. The van der Waals surface area contributed by atoms with Crippen molar-refractivity contribution >= 4 is 22.5 Å². The van der Waals surface area contributed by atoms with Crippen LogP contribution in [0.3, 0.4) is 0 Å². The molecule has 0 aliphatic carbocycles. The number of rotatable bonds is 2. The van der Waals surface area contributed by atoms with Gasteiger partial charge < -0.3 is 5.32 Å². The Labute approximate surface area is 131 Å². The van der Waals surface area contributed by atoms with Crippen LogP contribution in [-0.4, -0.2) is 10.9 Å². The van der Waals surface area contributed by atoms with Gasteiger partial charge in [0.05, 0.1) is 17.4 Å². The van der Waals surface area contributed by atoms with E-state index in [-0.39, 0.29) is 5.91 Å². The number of carbonyl (C=O) groups excluding carboxylic acids is 1. The van der Waals surface area contributed by atoms with Gasteiger partial charge in [-0.2, -0.15) is 0 Å². The smallest absolute Gasteiger partial charge is 0.255 e. The predicted molar refractivity (Wildman–Crippen MR) is 92.2 cm³/mol. The molecule has 3 rings (SSSR count). The van der Waals surface area contributed by atoms with Crippen molar-refractivity contribution in [3.8, 4) is 0 Å². The number of nitrogens with zero attached hydrogens (tertiary/aromatic N) is 1. The molecule has 0 saturated carbocycles. The van der Waals surface area contributed by atoms with Crippen molar-refractivity contribution in [1.29, 1.82) is 0 Å². The van der Waals surface area contributed by atoms with Crippen LogP contribution in [0.25, 0.3) is 10.9 Å². The summed E-state index contributed by atoms with van der Waals surface area (Å²) >= 11 is 0. The lowest BCUT2D eigenvalue weighted by Gasteiger charge is -2.06. The minimum absolute atomic E-state index is 0.120. The maximum atomic E-state index is 12.2. The molecule has 0 atom stereocenters. The molecule has 0 aliphatic heterocycles. The number of para-hydroxylation sites is 1. The molecule has 2 aromatic carbocycles. The molecule has 112 valence electrons. The third kappa shape index (κ3) is 3.70. The number of hydrogen-bond acceptors (Lipinski definition) is 2. The Kier molecular flexibility index (Phi) is 5.26. The first-order valence-corrected chi connectivity index (χ1v) is 7.45. The van der Waals surface area contributed by atoms with Gasteiger partial charge in [0, 0.05) is 10.9 Å². The van der Waals surface area contributed by atoms with Gasteiger partial charge in [-0.1, -0.05) is 49.7 Å². The summed E-state index contributed by atoms with van der Waals surface area (Å²) < 4.78 is 0. The normalized spacial score (nSPS) is 9.77. The minimum atomic E-state index is -0.120. The van der Waals surface area contributed by atoms with E-state index in [9.17, 15) is 4.79 Å². The molecule has 1 N–H and O–H groups in total. The van der Waals surface area contributed by atoms with Gasteiger partial charge >= 0.3 is 0 Å². The zero-order valence-corrected chi connectivity index (χ0v) is 13.1. The predicted octanol–water partition coefficient (Wildman–Crippen LogP) is 4.82. The lowest BCUT2D eigenvalue weighted by atomic mass is 10.1. The standard InChI is InChI=1S/C17H14N2O.C2H6/c1-12-5-4-7-14(9-12)17(20)19-15-10-13-6-2-3-8-16(13)18-11-15;1-2/h2-11H,1H3,(H,19,20);1-2H3. The molecule has 3 nitrogen and oxygen atoms in total. The summed E-state index contributed by atoms with van der Waals surface area (Å²) in [5.74, 6) is -0.120. The van der Waals surface area contributed by atoms with Crippen LogP contribution >= 0.6 is 0 Å². The number of carbonyl (C=O) groups is 1. The highest BCUT2D eigenvalue weighted by Gasteiger charge is 2.06. The fraction of sp³-hybridized carbons (Fsp3) is 0.158. The van der Waals surface area contributed by atoms with Gasteiger partial charge in [0.25, 0.3) is 5.91 Å². The van der Waals surface area contributed by atoms with E-state index in [0.717, 1.165) is 16.5 Å². The number of fused-ring (bicyclic) bond motifs is 1. The van der Waals surface area contributed by atoms with E-state index in [4.69, 9.17) is 0 Å². The fourth-order valence-electron chi connectivity index (χ4n) is 2.13. The van der Waals surface area contributed by atoms with Crippen LogP contribution < -0.4 is 5.32 Å². The first-order valence-electron chi connectivity index (χ1n) is 7.45. The van der Waals surface area contributed by atoms with Crippen LogP contribution in [-0.2, 0) is 0 Å². The van der Waals surface area contributed by atoms with E-state index in [1.54, 1.807) is 12.3 Å². The minimum Gasteiger partial charge on any atom is -0.321 e. The van der Waals surface area contributed by atoms with Crippen LogP contribution in [0.15, 0.2) is 60.8 Å². The Morgan fingerprint density at radius 2 is 1.77 bits per heavy atom. The van der Waals surface area contributed by atoms with E-state index in [1.807, 2.05) is 69.3 Å². The number of pyridine rings is 1. The van der Waals surface area contributed by atoms with Crippen molar-refractivity contribution < 1.29 is 4.79 Å². The van der Waals surface area contributed by atoms with Crippen molar-refractivity contribution in [2.45, 2.75) is 20.8 Å².